The molecule has 2 aromatic carbocycles. The second-order valence-corrected chi connectivity index (χ2v) is 9.17. The van der Waals surface area contributed by atoms with Crippen molar-refractivity contribution in [2.24, 2.45) is 5.10 Å². The fraction of sp³-hybridized carbons (Fsp3) is 0.259. The molecule has 1 aliphatic heterocycles. The molecule has 200 valence electrons. The van der Waals surface area contributed by atoms with E-state index < -0.39 is 4.92 Å². The highest BCUT2D eigenvalue weighted by molar-refractivity contribution is 5.78. The molecule has 0 saturated carbocycles. The summed E-state index contributed by atoms with van der Waals surface area (Å²) in [5.41, 5.74) is 5.69. The lowest BCUT2D eigenvalue weighted by atomic mass is 10.00. The van der Waals surface area contributed by atoms with Gasteiger partial charge in [0, 0.05) is 36.0 Å². The van der Waals surface area contributed by atoms with Gasteiger partial charge in [0.15, 0.2) is 0 Å². The van der Waals surface area contributed by atoms with E-state index in [-0.39, 0.29) is 17.5 Å². The van der Waals surface area contributed by atoms with Gasteiger partial charge in [-0.15, -0.1) is 0 Å². The first-order valence-corrected chi connectivity index (χ1v) is 12.5. The number of hydrogen-bond donors (Lipinski definition) is 2. The van der Waals surface area contributed by atoms with Crippen LogP contribution in [-0.4, -0.2) is 39.2 Å². The van der Waals surface area contributed by atoms with Gasteiger partial charge in [-0.3, -0.25) is 10.1 Å². The zero-order chi connectivity index (χ0) is 27.4. The zero-order valence-corrected chi connectivity index (χ0v) is 21.5. The van der Waals surface area contributed by atoms with Gasteiger partial charge in [0.25, 0.3) is 5.69 Å². The lowest BCUT2D eigenvalue weighted by Crippen LogP contribution is -2.31. The molecule has 1 saturated heterocycles. The summed E-state index contributed by atoms with van der Waals surface area (Å²) in [7, 11) is 0. The molecule has 0 spiro atoms. The number of aromatic nitrogens is 3. The molecule has 39 heavy (non-hydrogen) atoms. The third kappa shape index (κ3) is 6.00. The number of nitrogens with zero attached hydrogens (tertiary/aromatic N) is 6. The number of halogens is 1. The van der Waals surface area contributed by atoms with Crippen molar-refractivity contribution in [3.8, 4) is 11.3 Å². The second-order valence-electron chi connectivity index (χ2n) is 9.17. The Labute approximate surface area is 224 Å². The van der Waals surface area contributed by atoms with Crippen LogP contribution in [0.3, 0.4) is 0 Å². The molecule has 2 N–H and O–H groups in total. The maximum absolute atomic E-state index is 13.3. The molecule has 0 radical (unpaired) electrons. The summed E-state index contributed by atoms with van der Waals surface area (Å²) in [6, 6.07) is 12.6. The average Bonchev–Trinajstić information content (AvgIpc) is 3.40. The number of nitro benzene ring substituents is 1. The Morgan fingerprint density at radius 2 is 1.72 bits per heavy atom. The molecule has 0 unspecified atom stereocenters. The van der Waals surface area contributed by atoms with Crippen LogP contribution < -0.4 is 15.6 Å². The molecule has 5 rings (SSSR count). The smallest absolute Gasteiger partial charge is 0.272 e. The molecular weight excluding hydrogens is 503 g/mol. The largest absolute Gasteiger partial charge is 0.455 e. The van der Waals surface area contributed by atoms with Gasteiger partial charge in [-0.25, -0.2) is 9.82 Å². The highest BCUT2D eigenvalue weighted by Gasteiger charge is 2.18. The Morgan fingerprint density at radius 1 is 0.974 bits per heavy atom. The fourth-order valence-electron chi connectivity index (χ4n) is 4.36. The number of hydrogen-bond acceptors (Lipinski definition) is 10. The van der Waals surface area contributed by atoms with E-state index in [1.807, 2.05) is 6.92 Å². The Balaban J connectivity index is 1.34. The van der Waals surface area contributed by atoms with Crippen LogP contribution in [0.4, 0.5) is 33.6 Å². The van der Waals surface area contributed by atoms with Crippen molar-refractivity contribution in [2.45, 2.75) is 33.1 Å². The molecule has 3 heterocycles. The minimum atomic E-state index is -0.392. The minimum absolute atomic E-state index is 0.0725. The van der Waals surface area contributed by atoms with Crippen molar-refractivity contribution in [2.75, 3.05) is 28.7 Å². The van der Waals surface area contributed by atoms with Crippen molar-refractivity contribution < 1.29 is 13.7 Å². The number of anilines is 4. The summed E-state index contributed by atoms with van der Waals surface area (Å²) >= 11 is 0. The predicted octanol–water partition coefficient (Wildman–Crippen LogP) is 5.98. The lowest BCUT2D eigenvalue weighted by molar-refractivity contribution is -0.385. The summed E-state index contributed by atoms with van der Waals surface area (Å²) in [6.45, 7) is 5.24. The normalized spacial score (nSPS) is 13.6. The first-order valence-electron chi connectivity index (χ1n) is 12.5. The van der Waals surface area contributed by atoms with Gasteiger partial charge in [-0.05, 0) is 81.1 Å². The van der Waals surface area contributed by atoms with E-state index in [1.165, 1.54) is 30.8 Å². The molecule has 12 heteroatoms. The quantitative estimate of drug-likeness (QED) is 0.160. The Bertz CT molecular complexity index is 1510. The summed E-state index contributed by atoms with van der Waals surface area (Å²) in [6.07, 6.45) is 4.78. The van der Waals surface area contributed by atoms with Crippen LogP contribution in [0.15, 0.2) is 58.0 Å². The van der Waals surface area contributed by atoms with E-state index in [1.54, 1.807) is 37.3 Å². The maximum Gasteiger partial charge on any atom is 0.272 e. The van der Waals surface area contributed by atoms with E-state index in [4.69, 9.17) is 4.42 Å². The summed E-state index contributed by atoms with van der Waals surface area (Å²) in [5.74, 6) is 1.78. The van der Waals surface area contributed by atoms with Crippen LogP contribution >= 0.6 is 0 Å². The van der Waals surface area contributed by atoms with E-state index in [2.05, 4.69) is 35.7 Å². The van der Waals surface area contributed by atoms with E-state index in [9.17, 15) is 14.5 Å². The SMILES string of the molecule is Cc1c(-c2ccc(C=NNc3nc(Nc4ccc(F)cc4)nc(N4CCCCC4)n3)o2)ccc([N+](=O)[O-])c1C. The average molecular weight is 531 g/mol. The molecular formula is C27H27FN8O3. The number of furan rings is 1. The van der Waals surface area contributed by atoms with Crippen molar-refractivity contribution >= 4 is 35.4 Å². The first kappa shape index (κ1) is 25.8. The molecule has 1 aliphatic rings. The van der Waals surface area contributed by atoms with Crippen LogP contribution in [0.25, 0.3) is 11.3 Å². The number of hydrazone groups is 1. The third-order valence-electron chi connectivity index (χ3n) is 6.57. The van der Waals surface area contributed by atoms with Crippen LogP contribution in [0.2, 0.25) is 0 Å². The molecule has 0 amide bonds. The lowest BCUT2D eigenvalue weighted by Gasteiger charge is -2.26. The van der Waals surface area contributed by atoms with Gasteiger partial charge >= 0.3 is 0 Å². The molecule has 0 bridgehead atoms. The van der Waals surface area contributed by atoms with Crippen LogP contribution in [-0.2, 0) is 0 Å². The summed E-state index contributed by atoms with van der Waals surface area (Å²) < 4.78 is 19.2. The van der Waals surface area contributed by atoms with Crippen LogP contribution in [0.1, 0.15) is 36.1 Å². The van der Waals surface area contributed by atoms with Gasteiger partial charge in [0.2, 0.25) is 17.8 Å². The number of nitrogens with one attached hydrogen (secondary N) is 2. The van der Waals surface area contributed by atoms with Gasteiger partial charge < -0.3 is 14.6 Å². The van der Waals surface area contributed by atoms with E-state index >= 15 is 0 Å². The highest BCUT2D eigenvalue weighted by atomic mass is 19.1. The molecule has 0 atom stereocenters. The Kier molecular flexibility index (Phi) is 7.43. The van der Waals surface area contributed by atoms with Crippen molar-refractivity contribution in [3.05, 3.63) is 81.3 Å². The predicted molar refractivity (Wildman–Crippen MR) is 147 cm³/mol. The summed E-state index contributed by atoms with van der Waals surface area (Å²) in [4.78, 5) is 26.4. The topological polar surface area (TPSA) is 135 Å². The van der Waals surface area contributed by atoms with E-state index in [0.717, 1.165) is 37.1 Å². The van der Waals surface area contributed by atoms with Gasteiger partial charge in [-0.1, -0.05) is 0 Å². The third-order valence-corrected chi connectivity index (χ3v) is 6.57. The van der Waals surface area contributed by atoms with E-state index in [0.29, 0.717) is 34.7 Å². The number of piperidine rings is 1. The molecule has 11 nitrogen and oxygen atoms in total. The maximum atomic E-state index is 13.3. The van der Waals surface area contributed by atoms with Gasteiger partial charge in [-0.2, -0.15) is 20.1 Å². The Morgan fingerprint density at radius 3 is 2.46 bits per heavy atom. The first-order chi connectivity index (χ1) is 18.9. The Hall–Kier alpha value is -4.87. The number of benzene rings is 2. The minimum Gasteiger partial charge on any atom is -0.455 e. The van der Waals surface area contributed by atoms with Crippen LogP contribution in [0, 0.1) is 29.8 Å². The molecule has 2 aromatic heterocycles. The summed E-state index contributed by atoms with van der Waals surface area (Å²) in [5, 5.41) is 18.5. The monoisotopic (exact) mass is 530 g/mol. The molecule has 4 aromatic rings. The van der Waals surface area contributed by atoms with Gasteiger partial charge in [0.05, 0.1) is 11.1 Å². The standard InChI is InChI=1S/C27H27FN8O3/c1-17-18(2)23(36(37)38)12-11-22(17)24-13-10-21(39-24)16-29-34-26-31-25(30-20-8-6-19(28)7-9-20)32-27(33-26)35-14-4-3-5-15-35/h6-13,16H,3-5,14-15H2,1-2H3,(H2,30,31,32,33,34). The fourth-order valence-corrected chi connectivity index (χ4v) is 4.36. The second kappa shape index (κ2) is 11.3. The van der Waals surface area contributed by atoms with Crippen molar-refractivity contribution in [1.29, 1.82) is 0 Å². The van der Waals surface area contributed by atoms with Crippen molar-refractivity contribution in [1.82, 2.24) is 15.0 Å². The highest BCUT2D eigenvalue weighted by Crippen LogP contribution is 2.32. The number of nitro groups is 1. The zero-order valence-electron chi connectivity index (χ0n) is 21.5. The molecule has 1 fully saturated rings. The molecule has 0 aliphatic carbocycles. The number of rotatable bonds is 8. The van der Waals surface area contributed by atoms with Crippen LogP contribution in [0.5, 0.6) is 0 Å². The van der Waals surface area contributed by atoms with Crippen molar-refractivity contribution in [3.63, 3.8) is 0 Å². The van der Waals surface area contributed by atoms with Gasteiger partial charge in [0.1, 0.15) is 17.3 Å².